The number of hydrogen-bond donors (Lipinski definition) is 0. The largest absolute Gasteiger partial charge is 0.0811 e. The fourth-order valence-electron chi connectivity index (χ4n) is 5.38. The molecule has 2 atom stereocenters. The van der Waals surface area contributed by atoms with E-state index < -0.39 is 16.1 Å². The van der Waals surface area contributed by atoms with Crippen molar-refractivity contribution in [2.75, 3.05) is 0 Å². The maximum absolute atomic E-state index is 2.72. The minimum absolute atomic E-state index is 0.0759. The Bertz CT molecular complexity index is 902. The molecule has 0 aromatic rings. The van der Waals surface area contributed by atoms with Crippen molar-refractivity contribution in [3.8, 4) is 0 Å². The lowest BCUT2D eigenvalue weighted by Crippen LogP contribution is -2.54. The Hall–Kier alpha value is 0.0938. The normalized spacial score (nSPS) is 26.6. The topological polar surface area (TPSA) is 0 Å². The van der Waals surface area contributed by atoms with E-state index in [4.69, 9.17) is 0 Å². The first-order valence-corrected chi connectivity index (χ1v) is 23.0. The van der Waals surface area contributed by atoms with Crippen LogP contribution in [0.5, 0.6) is 0 Å². The third-order valence-electron chi connectivity index (χ3n) is 8.00. The third-order valence-corrected chi connectivity index (χ3v) is 21.6. The molecule has 0 saturated heterocycles. The molecule has 0 aliphatic heterocycles. The zero-order valence-electron chi connectivity index (χ0n) is 27.1. The second kappa shape index (κ2) is 9.34. The predicted molar refractivity (Wildman–Crippen MR) is 177 cm³/mol. The Morgan fingerprint density at radius 2 is 0.722 bits per heavy atom. The molecular formula is C32H58S2Si2. The highest BCUT2D eigenvalue weighted by Gasteiger charge is 2.57. The lowest BCUT2D eigenvalue weighted by atomic mass is 9.83. The van der Waals surface area contributed by atoms with Crippen molar-refractivity contribution in [2.24, 2.45) is 21.7 Å². The summed E-state index contributed by atoms with van der Waals surface area (Å²) < 4.78 is 0.152. The zero-order chi connectivity index (χ0) is 28.6. The summed E-state index contributed by atoms with van der Waals surface area (Å²) in [5.74, 6) is 0. The monoisotopic (exact) mass is 562 g/mol. The first kappa shape index (κ1) is 32.3. The molecule has 0 unspecified atom stereocenters. The first-order chi connectivity index (χ1) is 15.6. The Kier molecular flexibility index (Phi) is 8.38. The summed E-state index contributed by atoms with van der Waals surface area (Å²) in [4.78, 5) is 0. The lowest BCUT2D eigenvalue weighted by Gasteiger charge is -2.50. The van der Waals surface area contributed by atoms with Gasteiger partial charge in [-0.15, -0.1) is 0 Å². The SMILES string of the molecule is CC(C)(C)C1=C[C@@](SS[C@@]2([Si](C)(C)C)C=C(C(C)(C)C)C=C2C(C)(C)C)([Si](C)(C)C)C(C(C)(C)C)=C1. The van der Waals surface area contributed by atoms with Crippen LogP contribution in [0.4, 0.5) is 0 Å². The summed E-state index contributed by atoms with van der Waals surface area (Å²) in [6.45, 7) is 44.4. The number of allylic oxidation sites excluding steroid dienone is 4. The summed E-state index contributed by atoms with van der Waals surface area (Å²) in [5, 5.41) is 0. The Labute approximate surface area is 236 Å². The van der Waals surface area contributed by atoms with Crippen LogP contribution in [0.15, 0.2) is 46.6 Å². The van der Waals surface area contributed by atoms with Gasteiger partial charge >= 0.3 is 0 Å². The maximum Gasteiger partial charge on any atom is 0.0738 e. The molecule has 0 spiro atoms. The molecule has 2 rings (SSSR count). The van der Waals surface area contributed by atoms with Crippen molar-refractivity contribution in [1.82, 2.24) is 0 Å². The van der Waals surface area contributed by atoms with Crippen LogP contribution in [0.1, 0.15) is 83.1 Å². The van der Waals surface area contributed by atoms with Crippen molar-refractivity contribution in [2.45, 2.75) is 131 Å². The summed E-state index contributed by atoms with van der Waals surface area (Å²) in [5.41, 5.74) is 6.90. The molecule has 0 aromatic carbocycles. The van der Waals surface area contributed by atoms with Crippen molar-refractivity contribution in [1.29, 1.82) is 0 Å². The van der Waals surface area contributed by atoms with E-state index in [0.29, 0.717) is 0 Å². The quantitative estimate of drug-likeness (QED) is 0.241. The van der Waals surface area contributed by atoms with Gasteiger partial charge in [-0.05, 0) is 44.0 Å². The van der Waals surface area contributed by atoms with E-state index in [0.717, 1.165) is 0 Å². The third kappa shape index (κ3) is 5.97. The van der Waals surface area contributed by atoms with Crippen molar-refractivity contribution in [3.05, 3.63) is 46.6 Å². The van der Waals surface area contributed by atoms with Crippen LogP contribution in [0, 0.1) is 21.7 Å². The molecule has 4 heteroatoms. The fraction of sp³-hybridized carbons (Fsp3) is 0.750. The van der Waals surface area contributed by atoms with Crippen molar-refractivity contribution < 1.29 is 0 Å². The van der Waals surface area contributed by atoms with Gasteiger partial charge in [0, 0.05) is 0 Å². The summed E-state index contributed by atoms with van der Waals surface area (Å²) >= 11 is 0. The average Bonchev–Trinajstić information content (AvgIpc) is 3.19. The minimum Gasteiger partial charge on any atom is -0.0811 e. The van der Waals surface area contributed by atoms with Gasteiger partial charge in [0.15, 0.2) is 0 Å². The molecule has 0 fully saturated rings. The Morgan fingerprint density at radius 3 is 0.889 bits per heavy atom. The number of rotatable bonds is 5. The smallest absolute Gasteiger partial charge is 0.0738 e. The van der Waals surface area contributed by atoms with Gasteiger partial charge < -0.3 is 0 Å². The van der Waals surface area contributed by atoms with E-state index in [-0.39, 0.29) is 30.4 Å². The predicted octanol–water partition coefficient (Wildman–Crippen LogP) is 11.5. The molecule has 36 heavy (non-hydrogen) atoms. The standard InChI is InChI=1S/C32H58S2Si2/c1-27(2,3)23-19-25(29(7,8)9)31(21-23,35(13,14)15)33-34-32(36(16,17)18)22-24(28(4,5)6)20-26(32)30(10,11)12/h19-22H,1-18H3/t31-,32-/m1/s1. The molecule has 0 N–H and O–H groups in total. The Morgan fingerprint density at radius 1 is 0.472 bits per heavy atom. The van der Waals surface area contributed by atoms with Gasteiger partial charge in [0.1, 0.15) is 0 Å². The van der Waals surface area contributed by atoms with E-state index in [1.807, 2.05) is 0 Å². The molecule has 2 aliphatic carbocycles. The number of hydrogen-bond acceptors (Lipinski definition) is 2. The fourth-order valence-corrected chi connectivity index (χ4v) is 19.5. The van der Waals surface area contributed by atoms with Gasteiger partial charge in [-0.2, -0.15) is 0 Å². The van der Waals surface area contributed by atoms with Gasteiger partial charge in [-0.1, -0.05) is 168 Å². The molecule has 0 saturated carbocycles. The average molecular weight is 563 g/mol. The molecule has 0 aromatic heterocycles. The van der Waals surface area contributed by atoms with Crippen LogP contribution in [-0.4, -0.2) is 24.9 Å². The van der Waals surface area contributed by atoms with Crippen molar-refractivity contribution in [3.63, 3.8) is 0 Å². The van der Waals surface area contributed by atoms with Crippen LogP contribution in [0.3, 0.4) is 0 Å². The molecule has 0 nitrogen and oxygen atoms in total. The van der Waals surface area contributed by atoms with Gasteiger partial charge in [0.2, 0.25) is 0 Å². The molecule has 0 bridgehead atoms. The zero-order valence-corrected chi connectivity index (χ0v) is 30.8. The molecule has 2 aliphatic rings. The molecule has 0 heterocycles. The highest BCUT2D eigenvalue weighted by Crippen LogP contribution is 2.65. The maximum atomic E-state index is 2.72. The van der Waals surface area contributed by atoms with Crippen LogP contribution in [0.2, 0.25) is 39.3 Å². The van der Waals surface area contributed by atoms with Crippen molar-refractivity contribution >= 4 is 37.7 Å². The second-order valence-corrected chi connectivity index (χ2v) is 31.4. The van der Waals surface area contributed by atoms with Gasteiger partial charge in [-0.25, -0.2) is 0 Å². The van der Waals surface area contributed by atoms with Crippen LogP contribution < -0.4 is 0 Å². The van der Waals surface area contributed by atoms with Crippen LogP contribution in [-0.2, 0) is 0 Å². The molecule has 0 amide bonds. The summed E-state index contributed by atoms with van der Waals surface area (Å²) in [6, 6.07) is 0. The molecular weight excluding hydrogens is 505 g/mol. The van der Waals surface area contributed by atoms with E-state index in [2.05, 4.69) is 168 Å². The first-order valence-electron chi connectivity index (χ1n) is 13.9. The summed E-state index contributed by atoms with van der Waals surface area (Å²) in [6.07, 6.45) is 10.6. The summed E-state index contributed by atoms with van der Waals surface area (Å²) in [7, 11) is 1.10. The molecule has 0 radical (unpaired) electrons. The van der Waals surface area contributed by atoms with Crippen LogP contribution in [0.25, 0.3) is 0 Å². The lowest BCUT2D eigenvalue weighted by molar-refractivity contribution is 0.487. The van der Waals surface area contributed by atoms with Crippen LogP contribution >= 0.6 is 21.6 Å². The highest BCUT2D eigenvalue weighted by atomic mass is 33.1. The molecule has 206 valence electrons. The van der Waals surface area contributed by atoms with Gasteiger partial charge in [0.05, 0.1) is 24.9 Å². The minimum atomic E-state index is -1.68. The van der Waals surface area contributed by atoms with E-state index >= 15 is 0 Å². The van der Waals surface area contributed by atoms with Gasteiger partial charge in [0.25, 0.3) is 0 Å². The van der Waals surface area contributed by atoms with E-state index in [1.165, 1.54) is 11.1 Å². The van der Waals surface area contributed by atoms with E-state index in [1.54, 1.807) is 11.1 Å². The van der Waals surface area contributed by atoms with E-state index in [9.17, 15) is 0 Å². The highest BCUT2D eigenvalue weighted by molar-refractivity contribution is 8.78. The Balaban J connectivity index is 2.82. The van der Waals surface area contributed by atoms with Gasteiger partial charge in [-0.3, -0.25) is 0 Å². The second-order valence-electron chi connectivity index (χ2n) is 17.5.